The van der Waals surface area contributed by atoms with E-state index in [1.54, 1.807) is 13.0 Å². The van der Waals surface area contributed by atoms with Gasteiger partial charge in [0.25, 0.3) is 5.22 Å². The van der Waals surface area contributed by atoms with E-state index in [4.69, 9.17) is 4.42 Å². The number of hydrogen-bond acceptors (Lipinski definition) is 6. The summed E-state index contributed by atoms with van der Waals surface area (Å²) in [6.07, 6.45) is 0. The van der Waals surface area contributed by atoms with Crippen LogP contribution >= 0.6 is 11.8 Å². The molecule has 0 aliphatic rings. The number of thioether (sulfide) groups is 1. The topological polar surface area (TPSA) is 80.5 Å². The van der Waals surface area contributed by atoms with Crippen LogP contribution in [0.3, 0.4) is 0 Å². The van der Waals surface area contributed by atoms with Crippen LogP contribution in [-0.2, 0) is 15.8 Å². The molecule has 2 aromatic carbocycles. The zero-order valence-electron chi connectivity index (χ0n) is 17.4. The van der Waals surface area contributed by atoms with Crippen molar-refractivity contribution in [2.45, 2.75) is 43.6 Å². The number of oxazole rings is 1. The Labute approximate surface area is 175 Å². The predicted molar refractivity (Wildman–Crippen MR) is 115 cm³/mol. The molecule has 8 heteroatoms. The van der Waals surface area contributed by atoms with Gasteiger partial charge in [0.05, 0.1) is 4.90 Å². The molecule has 0 spiro atoms. The molecule has 0 aliphatic carbocycles. The Balaban J connectivity index is 1.91. The minimum atomic E-state index is -3.53. The van der Waals surface area contributed by atoms with Crippen molar-refractivity contribution < 1.29 is 17.6 Å². The van der Waals surface area contributed by atoms with Crippen molar-refractivity contribution in [1.82, 2.24) is 9.29 Å². The number of aromatic nitrogens is 1. The normalized spacial score (nSPS) is 12.1. The lowest BCUT2D eigenvalue weighted by Gasteiger charge is -2.15. The number of rotatable bonds is 6. The Bertz CT molecular complexity index is 1210. The van der Waals surface area contributed by atoms with Gasteiger partial charge in [0.15, 0.2) is 11.4 Å². The Morgan fingerprint density at radius 2 is 1.83 bits per heavy atom. The number of nitrogens with zero attached hydrogens (tertiary/aromatic N) is 2. The average molecular weight is 433 g/mol. The highest BCUT2D eigenvalue weighted by Crippen LogP contribution is 2.31. The molecule has 29 heavy (non-hydrogen) atoms. The van der Waals surface area contributed by atoms with Crippen molar-refractivity contribution in [3.8, 4) is 0 Å². The Kier molecular flexibility index (Phi) is 5.89. The molecule has 0 bridgehead atoms. The zero-order chi connectivity index (χ0) is 21.5. The van der Waals surface area contributed by atoms with Gasteiger partial charge in [0.2, 0.25) is 10.0 Å². The van der Waals surface area contributed by atoms with E-state index in [0.717, 1.165) is 27.8 Å². The molecule has 154 valence electrons. The van der Waals surface area contributed by atoms with Gasteiger partial charge in [-0.05, 0) is 68.1 Å². The van der Waals surface area contributed by atoms with Crippen molar-refractivity contribution in [3.05, 3.63) is 52.1 Å². The Morgan fingerprint density at radius 1 is 1.14 bits per heavy atom. The second-order valence-corrected chi connectivity index (χ2v) is 10.3. The minimum absolute atomic E-state index is 0.0581. The molecule has 3 aromatic rings. The van der Waals surface area contributed by atoms with Gasteiger partial charge in [-0.3, -0.25) is 4.79 Å². The third kappa shape index (κ3) is 4.10. The summed E-state index contributed by atoms with van der Waals surface area (Å²) in [4.78, 5) is 16.6. The SMILES string of the molecule is CC(=O)c1c(C)cc(C)c(CSc2nc3cc(S(=O)(=O)N(C)C)ccc3o2)c1C. The van der Waals surface area contributed by atoms with Crippen molar-refractivity contribution in [2.75, 3.05) is 14.1 Å². The zero-order valence-corrected chi connectivity index (χ0v) is 19.0. The van der Waals surface area contributed by atoms with E-state index >= 15 is 0 Å². The van der Waals surface area contributed by atoms with Crippen LogP contribution in [0, 0.1) is 20.8 Å². The third-order valence-electron chi connectivity index (χ3n) is 4.94. The summed E-state index contributed by atoms with van der Waals surface area (Å²) >= 11 is 1.42. The summed E-state index contributed by atoms with van der Waals surface area (Å²) in [5.74, 6) is 0.663. The van der Waals surface area contributed by atoms with E-state index in [2.05, 4.69) is 4.98 Å². The lowest BCUT2D eigenvalue weighted by molar-refractivity contribution is 0.101. The maximum Gasteiger partial charge on any atom is 0.257 e. The number of carbonyl (C=O) groups is 1. The Morgan fingerprint density at radius 3 is 2.45 bits per heavy atom. The Hall–Kier alpha value is -2.16. The third-order valence-corrected chi connectivity index (χ3v) is 7.61. The summed E-state index contributed by atoms with van der Waals surface area (Å²) in [5.41, 5.74) is 5.97. The number of benzene rings is 2. The first-order valence-electron chi connectivity index (χ1n) is 9.09. The van der Waals surface area contributed by atoms with Crippen molar-refractivity contribution in [1.29, 1.82) is 0 Å². The number of carbonyl (C=O) groups excluding carboxylic acids is 1. The van der Waals surface area contributed by atoms with Gasteiger partial charge in [-0.25, -0.2) is 17.7 Å². The maximum absolute atomic E-state index is 12.3. The molecule has 0 N–H and O–H groups in total. The summed E-state index contributed by atoms with van der Waals surface area (Å²) in [7, 11) is -0.547. The molecule has 0 atom stereocenters. The molecule has 0 aliphatic heterocycles. The number of hydrogen-bond donors (Lipinski definition) is 0. The van der Waals surface area contributed by atoms with Gasteiger partial charge in [-0.2, -0.15) is 0 Å². The standard InChI is InChI=1S/C21H24N2O4S2/c1-12-9-13(2)20(15(4)24)14(3)17(12)11-28-21-22-18-10-16(7-8-19(18)27-21)29(25,26)23(5)6/h7-10H,11H2,1-6H3. The molecule has 3 rings (SSSR count). The smallest absolute Gasteiger partial charge is 0.257 e. The van der Waals surface area contributed by atoms with E-state index < -0.39 is 10.0 Å². The highest BCUT2D eigenvalue weighted by atomic mass is 32.2. The van der Waals surface area contributed by atoms with Crippen molar-refractivity contribution >= 4 is 38.7 Å². The van der Waals surface area contributed by atoms with Crippen LogP contribution in [0.15, 0.2) is 38.8 Å². The van der Waals surface area contributed by atoms with E-state index in [1.807, 2.05) is 26.8 Å². The second-order valence-electron chi connectivity index (χ2n) is 7.23. The number of aryl methyl sites for hydroxylation is 2. The molecule has 0 amide bonds. The fraction of sp³-hybridized carbons (Fsp3) is 0.333. The average Bonchev–Trinajstić information content (AvgIpc) is 3.02. The van der Waals surface area contributed by atoms with Gasteiger partial charge >= 0.3 is 0 Å². The van der Waals surface area contributed by atoms with Crippen molar-refractivity contribution in [2.24, 2.45) is 0 Å². The number of ketones is 1. The second kappa shape index (κ2) is 7.93. The van der Waals surface area contributed by atoms with Crippen LogP contribution in [0.2, 0.25) is 0 Å². The monoisotopic (exact) mass is 432 g/mol. The van der Waals surface area contributed by atoms with Gasteiger partial charge in [0, 0.05) is 25.4 Å². The molecule has 0 saturated carbocycles. The van der Waals surface area contributed by atoms with Crippen LogP contribution in [0.1, 0.15) is 39.5 Å². The fourth-order valence-electron chi connectivity index (χ4n) is 3.44. The largest absolute Gasteiger partial charge is 0.431 e. The fourth-order valence-corrected chi connectivity index (χ4v) is 5.39. The summed E-state index contributed by atoms with van der Waals surface area (Å²) in [5, 5.41) is 0.461. The van der Waals surface area contributed by atoms with Gasteiger partial charge in [0.1, 0.15) is 5.52 Å². The van der Waals surface area contributed by atoms with Crippen LogP contribution in [0.5, 0.6) is 0 Å². The predicted octanol–water partition coefficient (Wildman–Crippen LogP) is 4.50. The summed E-state index contributed by atoms with van der Waals surface area (Å²) in [6.45, 7) is 7.54. The molecule has 0 fully saturated rings. The van der Waals surface area contributed by atoms with Gasteiger partial charge in [-0.15, -0.1) is 0 Å². The van der Waals surface area contributed by atoms with E-state index in [1.165, 1.54) is 42.3 Å². The van der Waals surface area contributed by atoms with Crippen LogP contribution in [0.25, 0.3) is 11.1 Å². The van der Waals surface area contributed by atoms with E-state index in [-0.39, 0.29) is 10.7 Å². The van der Waals surface area contributed by atoms with Crippen molar-refractivity contribution in [3.63, 3.8) is 0 Å². The summed E-state index contributed by atoms with van der Waals surface area (Å²) in [6, 6.07) is 6.70. The first-order valence-corrected chi connectivity index (χ1v) is 11.5. The lowest BCUT2D eigenvalue weighted by Crippen LogP contribution is -2.22. The lowest BCUT2D eigenvalue weighted by atomic mass is 9.92. The summed E-state index contributed by atoms with van der Waals surface area (Å²) < 4.78 is 31.6. The molecule has 1 aromatic heterocycles. The van der Waals surface area contributed by atoms with Gasteiger partial charge in [-0.1, -0.05) is 17.8 Å². The molecular formula is C21H24N2O4S2. The molecule has 0 radical (unpaired) electrons. The van der Waals surface area contributed by atoms with Crippen LogP contribution in [-0.4, -0.2) is 37.6 Å². The first kappa shape index (κ1) is 21.5. The van der Waals surface area contributed by atoms with E-state index in [9.17, 15) is 13.2 Å². The van der Waals surface area contributed by atoms with Crippen LogP contribution < -0.4 is 0 Å². The maximum atomic E-state index is 12.3. The van der Waals surface area contributed by atoms with E-state index in [0.29, 0.717) is 22.1 Å². The molecule has 1 heterocycles. The number of sulfonamides is 1. The number of Topliss-reactive ketones (excluding diaryl/α,β-unsaturated/α-hetero) is 1. The molecule has 6 nitrogen and oxygen atoms in total. The minimum Gasteiger partial charge on any atom is -0.431 e. The highest BCUT2D eigenvalue weighted by molar-refractivity contribution is 7.98. The highest BCUT2D eigenvalue weighted by Gasteiger charge is 2.20. The molecule has 0 unspecified atom stereocenters. The molecular weight excluding hydrogens is 408 g/mol. The quantitative estimate of drug-likeness (QED) is 0.421. The van der Waals surface area contributed by atoms with Gasteiger partial charge < -0.3 is 4.42 Å². The van der Waals surface area contributed by atoms with Crippen LogP contribution in [0.4, 0.5) is 0 Å². The molecule has 0 saturated heterocycles. The number of fused-ring (bicyclic) bond motifs is 1. The first-order chi connectivity index (χ1) is 13.5.